The van der Waals surface area contributed by atoms with Gasteiger partial charge in [0.2, 0.25) is 0 Å². The van der Waals surface area contributed by atoms with Crippen LogP contribution in [0.3, 0.4) is 0 Å². The van der Waals surface area contributed by atoms with E-state index >= 15 is 0 Å². The summed E-state index contributed by atoms with van der Waals surface area (Å²) in [7, 11) is 0. The van der Waals surface area contributed by atoms with E-state index in [1.54, 1.807) is 0 Å². The van der Waals surface area contributed by atoms with Gasteiger partial charge >= 0.3 is 0 Å². The summed E-state index contributed by atoms with van der Waals surface area (Å²) < 4.78 is 3.39. The third kappa shape index (κ3) is 4.60. The molecule has 0 aliphatic heterocycles. The number of aromatic nitrogens is 2. The minimum absolute atomic E-state index is 0.689. The first-order chi connectivity index (χ1) is 9.17. The normalized spacial score (nSPS) is 12.9. The maximum atomic E-state index is 4.68. The summed E-state index contributed by atoms with van der Waals surface area (Å²) in [5.41, 5.74) is 2.55. The Morgan fingerprint density at radius 2 is 2.00 bits per heavy atom. The lowest BCUT2D eigenvalue weighted by molar-refractivity contribution is 0.443. The fraction of sp³-hybridized carbons (Fsp3) is 0.800. The lowest BCUT2D eigenvalue weighted by Gasteiger charge is -2.16. The van der Waals surface area contributed by atoms with Gasteiger partial charge in [-0.25, -0.2) is 0 Å². The molecule has 1 aromatic heterocycles. The molecule has 0 spiro atoms. The maximum Gasteiger partial charge on any atom is 0.0766 e. The Balaban J connectivity index is 2.75. The number of halogens is 1. The van der Waals surface area contributed by atoms with Crippen LogP contribution < -0.4 is 5.32 Å². The molecule has 0 radical (unpaired) electrons. The van der Waals surface area contributed by atoms with Gasteiger partial charge in [-0.15, -0.1) is 0 Å². The van der Waals surface area contributed by atoms with E-state index in [0.717, 1.165) is 32.5 Å². The molecule has 3 nitrogen and oxygen atoms in total. The molecular formula is C15H28BrN3. The Morgan fingerprint density at radius 3 is 2.53 bits per heavy atom. The van der Waals surface area contributed by atoms with Gasteiger partial charge < -0.3 is 5.32 Å². The Kier molecular flexibility index (Phi) is 7.69. The van der Waals surface area contributed by atoms with Gasteiger partial charge in [-0.2, -0.15) is 5.10 Å². The van der Waals surface area contributed by atoms with E-state index in [2.05, 4.69) is 58.7 Å². The molecule has 0 aromatic carbocycles. The highest BCUT2D eigenvalue weighted by molar-refractivity contribution is 9.10. The van der Waals surface area contributed by atoms with Gasteiger partial charge in [-0.3, -0.25) is 4.68 Å². The van der Waals surface area contributed by atoms with Crippen molar-refractivity contribution >= 4 is 15.9 Å². The van der Waals surface area contributed by atoms with Crippen molar-refractivity contribution in [2.24, 2.45) is 5.92 Å². The molecule has 0 bridgehead atoms. The minimum atomic E-state index is 0.689. The number of hydrogen-bond donors (Lipinski definition) is 1. The van der Waals surface area contributed by atoms with Crippen molar-refractivity contribution in [1.29, 1.82) is 0 Å². The molecule has 1 heterocycles. The number of aryl methyl sites for hydroxylation is 2. The van der Waals surface area contributed by atoms with Crippen LogP contribution in [0.2, 0.25) is 0 Å². The number of nitrogens with one attached hydrogen (secondary N) is 1. The Bertz CT molecular complexity index is 374. The quantitative estimate of drug-likeness (QED) is 0.698. The van der Waals surface area contributed by atoms with Crippen LogP contribution in [-0.2, 0) is 19.4 Å². The fourth-order valence-corrected chi connectivity index (χ4v) is 3.06. The van der Waals surface area contributed by atoms with Crippen LogP contribution >= 0.6 is 15.9 Å². The van der Waals surface area contributed by atoms with Gasteiger partial charge in [-0.1, -0.05) is 27.2 Å². The molecule has 1 unspecified atom stereocenters. The van der Waals surface area contributed by atoms with Crippen LogP contribution in [0.1, 0.15) is 51.9 Å². The average molecular weight is 330 g/mol. The molecule has 0 saturated carbocycles. The highest BCUT2D eigenvalue weighted by atomic mass is 79.9. The first-order valence-corrected chi connectivity index (χ1v) is 8.41. The summed E-state index contributed by atoms with van der Waals surface area (Å²) in [6, 6.07) is 0. The maximum absolute atomic E-state index is 4.68. The van der Waals surface area contributed by atoms with Gasteiger partial charge in [0.05, 0.1) is 15.9 Å². The number of hydrogen-bond acceptors (Lipinski definition) is 2. The molecule has 1 N–H and O–H groups in total. The van der Waals surface area contributed by atoms with Crippen LogP contribution in [0.5, 0.6) is 0 Å². The minimum Gasteiger partial charge on any atom is -0.316 e. The van der Waals surface area contributed by atoms with E-state index in [-0.39, 0.29) is 0 Å². The average Bonchev–Trinajstić information content (AvgIpc) is 2.74. The third-order valence-corrected chi connectivity index (χ3v) is 4.53. The van der Waals surface area contributed by atoms with Gasteiger partial charge in [0.25, 0.3) is 0 Å². The number of nitrogens with zero attached hydrogens (tertiary/aromatic N) is 2. The summed E-state index contributed by atoms with van der Waals surface area (Å²) in [5.74, 6) is 0.689. The molecule has 0 amide bonds. The Labute approximate surface area is 126 Å². The number of rotatable bonds is 9. The fourth-order valence-electron chi connectivity index (χ4n) is 2.33. The van der Waals surface area contributed by atoms with E-state index < -0.39 is 0 Å². The summed E-state index contributed by atoms with van der Waals surface area (Å²) >= 11 is 3.74. The summed E-state index contributed by atoms with van der Waals surface area (Å²) in [5, 5.41) is 8.22. The van der Waals surface area contributed by atoms with Gasteiger partial charge in [0.15, 0.2) is 0 Å². The molecule has 19 heavy (non-hydrogen) atoms. The molecule has 0 fully saturated rings. The largest absolute Gasteiger partial charge is 0.316 e. The molecule has 4 heteroatoms. The highest BCUT2D eigenvalue weighted by Crippen LogP contribution is 2.25. The van der Waals surface area contributed by atoms with E-state index in [1.807, 2.05) is 0 Å². The first kappa shape index (κ1) is 16.7. The lowest BCUT2D eigenvalue weighted by Crippen LogP contribution is -2.25. The van der Waals surface area contributed by atoms with E-state index in [0.29, 0.717) is 5.92 Å². The van der Waals surface area contributed by atoms with Crippen molar-refractivity contribution < 1.29 is 0 Å². The third-order valence-electron chi connectivity index (χ3n) is 3.61. The van der Waals surface area contributed by atoms with Crippen molar-refractivity contribution in [3.8, 4) is 0 Å². The molecule has 1 atom stereocenters. The van der Waals surface area contributed by atoms with Crippen LogP contribution in [0, 0.1) is 5.92 Å². The second-order valence-electron chi connectivity index (χ2n) is 5.06. The second-order valence-corrected chi connectivity index (χ2v) is 5.85. The molecule has 110 valence electrons. The zero-order chi connectivity index (χ0) is 14.3. The van der Waals surface area contributed by atoms with E-state index in [9.17, 15) is 0 Å². The van der Waals surface area contributed by atoms with Crippen LogP contribution in [-0.4, -0.2) is 22.9 Å². The SMILES string of the molecule is CCCNCC(CC)Cc1c(Br)c(CC)nn1CC. The monoisotopic (exact) mass is 329 g/mol. The molecule has 0 saturated heterocycles. The van der Waals surface area contributed by atoms with Gasteiger partial charge in [-0.05, 0) is 61.1 Å². The van der Waals surface area contributed by atoms with Gasteiger partial charge in [0.1, 0.15) is 0 Å². The Hall–Kier alpha value is -0.350. The van der Waals surface area contributed by atoms with Gasteiger partial charge in [0, 0.05) is 6.54 Å². The van der Waals surface area contributed by atoms with Crippen molar-refractivity contribution in [1.82, 2.24) is 15.1 Å². The standard InChI is InChI=1S/C15H28BrN3/c1-5-9-17-11-12(6-2)10-14-15(16)13(7-3)18-19(14)8-4/h12,17H,5-11H2,1-4H3. The predicted molar refractivity (Wildman–Crippen MR) is 85.6 cm³/mol. The molecule has 0 aliphatic carbocycles. The van der Waals surface area contributed by atoms with Crippen molar-refractivity contribution in [2.45, 2.75) is 59.9 Å². The molecule has 1 aromatic rings. The summed E-state index contributed by atoms with van der Waals surface area (Å²) in [4.78, 5) is 0. The van der Waals surface area contributed by atoms with Crippen molar-refractivity contribution in [3.63, 3.8) is 0 Å². The van der Waals surface area contributed by atoms with Crippen LogP contribution in [0.25, 0.3) is 0 Å². The lowest BCUT2D eigenvalue weighted by atomic mass is 10.00. The van der Waals surface area contributed by atoms with Crippen molar-refractivity contribution in [3.05, 3.63) is 15.9 Å². The van der Waals surface area contributed by atoms with Crippen molar-refractivity contribution in [2.75, 3.05) is 13.1 Å². The second kappa shape index (κ2) is 8.75. The Morgan fingerprint density at radius 1 is 1.26 bits per heavy atom. The molecular weight excluding hydrogens is 302 g/mol. The van der Waals surface area contributed by atoms with Crippen LogP contribution in [0.15, 0.2) is 4.47 Å². The molecule has 0 aliphatic rings. The zero-order valence-electron chi connectivity index (χ0n) is 12.8. The zero-order valence-corrected chi connectivity index (χ0v) is 14.4. The van der Waals surface area contributed by atoms with E-state index in [4.69, 9.17) is 0 Å². The summed E-state index contributed by atoms with van der Waals surface area (Å²) in [6.45, 7) is 12.0. The summed E-state index contributed by atoms with van der Waals surface area (Å²) in [6.07, 6.45) is 4.51. The topological polar surface area (TPSA) is 29.9 Å². The smallest absolute Gasteiger partial charge is 0.0766 e. The molecule has 1 rings (SSSR count). The van der Waals surface area contributed by atoms with E-state index in [1.165, 1.54) is 28.7 Å². The first-order valence-electron chi connectivity index (χ1n) is 7.62. The van der Waals surface area contributed by atoms with Crippen LogP contribution in [0.4, 0.5) is 0 Å². The predicted octanol–water partition coefficient (Wildman–Crippen LogP) is 3.80. The highest BCUT2D eigenvalue weighted by Gasteiger charge is 2.17.